The molecule has 0 saturated carbocycles. The first-order valence-corrected chi connectivity index (χ1v) is 11.3. The van der Waals surface area contributed by atoms with Gasteiger partial charge in [-0.05, 0) is 25.7 Å². The summed E-state index contributed by atoms with van der Waals surface area (Å²) in [5, 5.41) is 22.6. The Morgan fingerprint density at radius 1 is 0.480 bits per heavy atom. The van der Waals surface area contributed by atoms with Crippen LogP contribution in [0.25, 0.3) is 0 Å². The van der Waals surface area contributed by atoms with Crippen molar-refractivity contribution in [3.63, 3.8) is 0 Å². The van der Waals surface area contributed by atoms with Crippen LogP contribution in [0.15, 0.2) is 0 Å². The van der Waals surface area contributed by atoms with E-state index < -0.39 is 12.5 Å². The molecule has 0 radical (unpaired) electrons. The molecule has 0 aliphatic carbocycles. The summed E-state index contributed by atoms with van der Waals surface area (Å²) in [7, 11) is 0. The summed E-state index contributed by atoms with van der Waals surface area (Å²) in [6.45, 7) is 4.43. The zero-order valence-corrected chi connectivity index (χ0v) is 17.3. The molecule has 0 heterocycles. The summed E-state index contributed by atoms with van der Waals surface area (Å²) >= 11 is 0. The van der Waals surface area contributed by atoms with Crippen LogP contribution in [0.3, 0.4) is 0 Å². The smallest absolute Gasteiger partial charge is 0.106 e. The standard InChI is InChI=1S/C22H47NO2/c1-3-5-7-8-9-10-11-12-13-14-15-16-18-20-22(25)23-21(24)19-17-6-4-2/h21-25H,3-20H2,1-2H3. The molecule has 3 N–H and O–H groups in total. The Morgan fingerprint density at radius 3 is 1.16 bits per heavy atom. The van der Waals surface area contributed by atoms with Crippen molar-refractivity contribution in [1.82, 2.24) is 5.32 Å². The fourth-order valence-electron chi connectivity index (χ4n) is 3.33. The van der Waals surface area contributed by atoms with Gasteiger partial charge in [0.05, 0.1) is 0 Å². The van der Waals surface area contributed by atoms with Crippen LogP contribution in [0.2, 0.25) is 0 Å². The second-order valence-corrected chi connectivity index (χ2v) is 7.73. The molecule has 0 fully saturated rings. The number of nitrogens with one attached hydrogen (secondary N) is 1. The minimum atomic E-state index is -0.552. The summed E-state index contributed by atoms with van der Waals surface area (Å²) in [5.41, 5.74) is 0. The normalized spacial score (nSPS) is 13.9. The Bertz CT molecular complexity index is 248. The van der Waals surface area contributed by atoms with Crippen LogP contribution in [0, 0.1) is 0 Å². The minimum Gasteiger partial charge on any atom is -0.379 e. The number of hydrogen-bond donors (Lipinski definition) is 3. The van der Waals surface area contributed by atoms with Crippen molar-refractivity contribution in [3.8, 4) is 0 Å². The first-order chi connectivity index (χ1) is 12.2. The van der Waals surface area contributed by atoms with E-state index >= 15 is 0 Å². The van der Waals surface area contributed by atoms with E-state index in [0.717, 1.165) is 38.5 Å². The number of hydrogen-bond acceptors (Lipinski definition) is 3. The van der Waals surface area contributed by atoms with Gasteiger partial charge in [-0.15, -0.1) is 0 Å². The van der Waals surface area contributed by atoms with Crippen LogP contribution >= 0.6 is 0 Å². The van der Waals surface area contributed by atoms with Gasteiger partial charge < -0.3 is 10.2 Å². The predicted molar refractivity (Wildman–Crippen MR) is 110 cm³/mol. The van der Waals surface area contributed by atoms with Gasteiger partial charge in [0.15, 0.2) is 0 Å². The summed E-state index contributed by atoms with van der Waals surface area (Å²) < 4.78 is 0. The van der Waals surface area contributed by atoms with Crippen molar-refractivity contribution in [2.24, 2.45) is 0 Å². The van der Waals surface area contributed by atoms with Gasteiger partial charge in [-0.1, -0.05) is 104 Å². The fourth-order valence-corrected chi connectivity index (χ4v) is 3.33. The maximum Gasteiger partial charge on any atom is 0.106 e. The third kappa shape index (κ3) is 20.0. The summed E-state index contributed by atoms with van der Waals surface area (Å²) in [4.78, 5) is 0. The largest absolute Gasteiger partial charge is 0.379 e. The molecule has 3 heteroatoms. The Kier molecular flexibility index (Phi) is 20.1. The van der Waals surface area contributed by atoms with Crippen LogP contribution < -0.4 is 5.32 Å². The van der Waals surface area contributed by atoms with Gasteiger partial charge in [0.25, 0.3) is 0 Å². The summed E-state index contributed by atoms with van der Waals surface area (Å²) in [6, 6.07) is 0. The van der Waals surface area contributed by atoms with Gasteiger partial charge >= 0.3 is 0 Å². The molecule has 0 rings (SSSR count). The number of unbranched alkanes of at least 4 members (excludes halogenated alkanes) is 14. The molecule has 0 aliphatic rings. The summed E-state index contributed by atoms with van der Waals surface area (Å²) in [6.07, 6.45) is 21.2. The van der Waals surface area contributed by atoms with Gasteiger partial charge in [0.2, 0.25) is 0 Å². The Hall–Kier alpha value is -0.120. The van der Waals surface area contributed by atoms with E-state index in [2.05, 4.69) is 19.2 Å². The van der Waals surface area contributed by atoms with Crippen LogP contribution in [-0.2, 0) is 0 Å². The predicted octanol–water partition coefficient (Wildman–Crippen LogP) is 6.27. The van der Waals surface area contributed by atoms with E-state index in [0.29, 0.717) is 0 Å². The molecule has 0 saturated heterocycles. The fraction of sp³-hybridized carbons (Fsp3) is 1.00. The van der Waals surface area contributed by atoms with Crippen LogP contribution in [0.4, 0.5) is 0 Å². The van der Waals surface area contributed by atoms with Gasteiger partial charge in [0.1, 0.15) is 12.5 Å². The van der Waals surface area contributed by atoms with E-state index in [9.17, 15) is 10.2 Å². The molecule has 0 aromatic heterocycles. The Balaban J connectivity index is 3.21. The minimum absolute atomic E-state index is 0.552. The molecule has 0 spiro atoms. The second-order valence-electron chi connectivity index (χ2n) is 7.73. The Labute approximate surface area is 158 Å². The molecule has 2 atom stereocenters. The van der Waals surface area contributed by atoms with Crippen molar-refractivity contribution >= 4 is 0 Å². The van der Waals surface area contributed by atoms with Gasteiger partial charge in [-0.2, -0.15) is 0 Å². The molecular formula is C22H47NO2. The molecular weight excluding hydrogens is 310 g/mol. The first-order valence-electron chi connectivity index (χ1n) is 11.3. The molecule has 3 nitrogen and oxygen atoms in total. The number of aliphatic hydroxyl groups is 2. The molecule has 0 aliphatic heterocycles. The molecule has 0 amide bonds. The first kappa shape index (κ1) is 24.9. The zero-order valence-electron chi connectivity index (χ0n) is 17.3. The Morgan fingerprint density at radius 2 is 0.760 bits per heavy atom. The van der Waals surface area contributed by atoms with Crippen molar-refractivity contribution < 1.29 is 10.2 Å². The third-order valence-electron chi connectivity index (χ3n) is 5.05. The lowest BCUT2D eigenvalue weighted by Crippen LogP contribution is -2.38. The van der Waals surface area contributed by atoms with Crippen molar-refractivity contribution in [2.75, 3.05) is 0 Å². The van der Waals surface area contributed by atoms with Gasteiger partial charge in [0, 0.05) is 0 Å². The third-order valence-corrected chi connectivity index (χ3v) is 5.05. The molecule has 2 unspecified atom stereocenters. The maximum absolute atomic E-state index is 9.88. The van der Waals surface area contributed by atoms with Crippen molar-refractivity contribution in [2.45, 2.75) is 142 Å². The van der Waals surface area contributed by atoms with Gasteiger partial charge in [-0.25, -0.2) is 0 Å². The van der Waals surface area contributed by atoms with E-state index in [1.54, 1.807) is 0 Å². The second kappa shape index (κ2) is 20.2. The highest BCUT2D eigenvalue weighted by molar-refractivity contribution is 4.59. The van der Waals surface area contributed by atoms with Gasteiger partial charge in [-0.3, -0.25) is 5.32 Å². The van der Waals surface area contributed by atoms with E-state index in [4.69, 9.17) is 0 Å². The lowest BCUT2D eigenvalue weighted by Gasteiger charge is -2.18. The maximum atomic E-state index is 9.88. The van der Waals surface area contributed by atoms with E-state index in [1.807, 2.05) is 0 Å². The van der Waals surface area contributed by atoms with Crippen molar-refractivity contribution in [1.29, 1.82) is 0 Å². The highest BCUT2D eigenvalue weighted by atomic mass is 16.3. The average Bonchev–Trinajstić information content (AvgIpc) is 2.59. The topological polar surface area (TPSA) is 52.5 Å². The summed E-state index contributed by atoms with van der Waals surface area (Å²) in [5.74, 6) is 0. The highest BCUT2D eigenvalue weighted by Crippen LogP contribution is 2.13. The SMILES string of the molecule is CCCCCCCCCCCCCCCC(O)NC(O)CCCCC. The lowest BCUT2D eigenvalue weighted by molar-refractivity contribution is 0.0311. The van der Waals surface area contributed by atoms with E-state index in [1.165, 1.54) is 77.0 Å². The molecule has 152 valence electrons. The molecule has 0 aromatic rings. The number of rotatable bonds is 20. The van der Waals surface area contributed by atoms with E-state index in [-0.39, 0.29) is 0 Å². The molecule has 25 heavy (non-hydrogen) atoms. The zero-order chi connectivity index (χ0) is 18.6. The molecule has 0 aromatic carbocycles. The van der Waals surface area contributed by atoms with Crippen LogP contribution in [0.1, 0.15) is 129 Å². The molecule has 0 bridgehead atoms. The van der Waals surface area contributed by atoms with Crippen LogP contribution in [-0.4, -0.2) is 22.7 Å². The lowest BCUT2D eigenvalue weighted by atomic mass is 10.0. The average molecular weight is 358 g/mol. The quantitative estimate of drug-likeness (QED) is 0.178. The monoisotopic (exact) mass is 357 g/mol. The highest BCUT2D eigenvalue weighted by Gasteiger charge is 2.09. The van der Waals surface area contributed by atoms with Crippen LogP contribution in [0.5, 0.6) is 0 Å². The van der Waals surface area contributed by atoms with Crippen molar-refractivity contribution in [3.05, 3.63) is 0 Å². The number of aliphatic hydroxyl groups excluding tert-OH is 2.